The number of para-hydroxylation sites is 1. The summed E-state index contributed by atoms with van der Waals surface area (Å²) in [6, 6.07) is 11.0. The van der Waals surface area contributed by atoms with Crippen LogP contribution in [0.5, 0.6) is 11.5 Å². The van der Waals surface area contributed by atoms with Gasteiger partial charge in [0.05, 0.1) is 29.5 Å². The molecule has 4 aromatic rings. The summed E-state index contributed by atoms with van der Waals surface area (Å²) >= 11 is 3.31. The van der Waals surface area contributed by atoms with Crippen LogP contribution in [0.1, 0.15) is 28.6 Å². The molecule has 0 saturated carbocycles. The lowest BCUT2D eigenvalue weighted by molar-refractivity contribution is -0.129. The third-order valence-electron chi connectivity index (χ3n) is 6.16. The molecule has 0 radical (unpaired) electrons. The van der Waals surface area contributed by atoms with Crippen LogP contribution >= 0.6 is 15.9 Å². The van der Waals surface area contributed by atoms with Gasteiger partial charge >= 0.3 is 0 Å². The highest BCUT2D eigenvalue weighted by Gasteiger charge is 2.44. The van der Waals surface area contributed by atoms with Gasteiger partial charge in [-0.3, -0.25) is 9.59 Å². The highest BCUT2D eigenvalue weighted by atomic mass is 79.9. The molecule has 1 aliphatic heterocycles. The molecule has 2 N–H and O–H groups in total. The van der Waals surface area contributed by atoms with Crippen LogP contribution in [0.25, 0.3) is 11.0 Å². The van der Waals surface area contributed by atoms with Crippen molar-refractivity contribution in [1.29, 1.82) is 0 Å². The molecule has 5 rings (SSSR count). The lowest BCUT2D eigenvalue weighted by Gasteiger charge is -2.27. The maximum Gasteiger partial charge on any atom is 0.290 e. The van der Waals surface area contributed by atoms with Gasteiger partial charge < -0.3 is 28.8 Å². The number of carbonyl (C=O) groups excluding carboxylic acids is 2. The van der Waals surface area contributed by atoms with E-state index in [4.69, 9.17) is 9.15 Å². The first-order chi connectivity index (χ1) is 17.4. The average Bonchev–Trinajstić information content (AvgIpc) is 3.60. The summed E-state index contributed by atoms with van der Waals surface area (Å²) in [6.07, 6.45) is 5.71. The first kappa shape index (κ1) is 23.7. The van der Waals surface area contributed by atoms with Crippen molar-refractivity contribution < 1.29 is 29.0 Å². The van der Waals surface area contributed by atoms with Gasteiger partial charge in [-0.1, -0.05) is 18.2 Å². The van der Waals surface area contributed by atoms with Crippen molar-refractivity contribution in [3.63, 3.8) is 0 Å². The number of imidazole rings is 1. The lowest BCUT2D eigenvalue weighted by atomic mass is 9.94. The van der Waals surface area contributed by atoms with Gasteiger partial charge in [0.25, 0.3) is 5.91 Å². The number of Topliss-reactive ketones (excluding diaryl/α,β-unsaturated/α-hetero) is 1. The zero-order valence-electron chi connectivity index (χ0n) is 19.2. The lowest BCUT2D eigenvalue weighted by Crippen LogP contribution is -2.32. The Balaban J connectivity index is 1.56. The number of halogens is 1. The van der Waals surface area contributed by atoms with E-state index in [2.05, 4.69) is 20.9 Å². The number of hydrogen-bond donors (Lipinski definition) is 2. The van der Waals surface area contributed by atoms with Gasteiger partial charge in [-0.25, -0.2) is 4.98 Å². The fourth-order valence-corrected chi connectivity index (χ4v) is 4.90. The Morgan fingerprint density at radius 1 is 1.19 bits per heavy atom. The number of phenolic OH excluding ortho intramolecular Hbond substituents is 1. The fraction of sp³-hybridized carbons (Fsp3) is 0.192. The molecule has 2 aromatic heterocycles. The number of phenols is 1. The summed E-state index contributed by atoms with van der Waals surface area (Å²) in [5.41, 5.74) is 0.908. The second kappa shape index (κ2) is 9.54. The number of ether oxygens (including phenoxy) is 1. The SMILES string of the molecule is COc1cc([C@H]2C(C(=O)c3cc4ccccc4o3)=C(O)C(=O)N2CCCn2ccnc2)cc(Br)c1O. The summed E-state index contributed by atoms with van der Waals surface area (Å²) in [4.78, 5) is 32.4. The molecule has 10 heteroatoms. The maximum absolute atomic E-state index is 13.7. The van der Waals surface area contributed by atoms with Crippen molar-refractivity contribution in [2.75, 3.05) is 13.7 Å². The molecular weight excluding hydrogens is 530 g/mol. The monoisotopic (exact) mass is 551 g/mol. The number of aliphatic hydroxyl groups excluding tert-OH is 1. The number of benzene rings is 2. The highest BCUT2D eigenvalue weighted by molar-refractivity contribution is 9.10. The molecule has 36 heavy (non-hydrogen) atoms. The number of amides is 1. The normalized spacial score (nSPS) is 15.8. The second-order valence-corrected chi connectivity index (χ2v) is 9.20. The van der Waals surface area contributed by atoms with E-state index in [9.17, 15) is 19.8 Å². The third-order valence-corrected chi connectivity index (χ3v) is 6.76. The first-order valence-corrected chi connectivity index (χ1v) is 12.0. The van der Waals surface area contributed by atoms with Crippen LogP contribution in [-0.2, 0) is 11.3 Å². The minimum absolute atomic E-state index is 0.0145. The van der Waals surface area contributed by atoms with Crippen LogP contribution in [-0.4, -0.2) is 50.0 Å². The molecule has 0 saturated heterocycles. The molecule has 2 aromatic carbocycles. The van der Waals surface area contributed by atoms with Crippen LogP contribution in [0.4, 0.5) is 0 Å². The largest absolute Gasteiger partial charge is 0.503 e. The van der Waals surface area contributed by atoms with E-state index in [-0.39, 0.29) is 29.4 Å². The van der Waals surface area contributed by atoms with Crippen molar-refractivity contribution >= 4 is 38.6 Å². The number of furan rings is 1. The van der Waals surface area contributed by atoms with Crippen molar-refractivity contribution in [2.24, 2.45) is 0 Å². The van der Waals surface area contributed by atoms with Crippen LogP contribution in [0.2, 0.25) is 0 Å². The number of aromatic hydroxyl groups is 1. The predicted octanol–water partition coefficient (Wildman–Crippen LogP) is 4.77. The zero-order chi connectivity index (χ0) is 25.4. The first-order valence-electron chi connectivity index (χ1n) is 11.2. The molecule has 9 nitrogen and oxygen atoms in total. The number of aromatic nitrogens is 2. The number of aliphatic hydroxyl groups is 1. The Bertz CT molecular complexity index is 1460. The number of carbonyl (C=O) groups is 2. The number of methoxy groups -OCH3 is 1. The van der Waals surface area contributed by atoms with Gasteiger partial charge in [-0.2, -0.15) is 0 Å². The third kappa shape index (κ3) is 4.13. The van der Waals surface area contributed by atoms with Gasteiger partial charge in [0.1, 0.15) is 5.58 Å². The summed E-state index contributed by atoms with van der Waals surface area (Å²) in [6.45, 7) is 0.843. The van der Waals surface area contributed by atoms with Crippen molar-refractivity contribution in [1.82, 2.24) is 14.5 Å². The van der Waals surface area contributed by atoms with E-state index in [1.807, 2.05) is 22.9 Å². The molecule has 0 bridgehead atoms. The Kier molecular flexibility index (Phi) is 6.27. The Labute approximate surface area is 214 Å². The standard InChI is InChI=1S/C26H22BrN3O6/c1-35-19-13-16(11-17(27)23(19)31)22-21(24(32)20-12-15-5-2-3-6-18(15)36-20)25(33)26(34)30(22)9-4-8-29-10-7-28-14-29/h2-3,5-7,10-14,22,31,33H,4,8-9H2,1H3/t22-/m0/s1. The van der Waals surface area contributed by atoms with Crippen LogP contribution in [0.3, 0.4) is 0 Å². The van der Waals surface area contributed by atoms with Crippen LogP contribution in [0, 0.1) is 0 Å². The Morgan fingerprint density at radius 3 is 2.72 bits per heavy atom. The van der Waals surface area contributed by atoms with E-state index in [1.54, 1.807) is 42.9 Å². The molecule has 1 amide bonds. The second-order valence-electron chi connectivity index (χ2n) is 8.35. The Hall–Kier alpha value is -4.05. The minimum atomic E-state index is -0.924. The molecule has 0 spiro atoms. The Morgan fingerprint density at radius 2 is 2.00 bits per heavy atom. The fourth-order valence-electron chi connectivity index (χ4n) is 4.44. The molecule has 0 unspecified atom stereocenters. The summed E-state index contributed by atoms with van der Waals surface area (Å²) in [5.74, 6) is -1.82. The van der Waals surface area contributed by atoms with E-state index in [1.165, 1.54) is 12.0 Å². The van der Waals surface area contributed by atoms with E-state index in [0.29, 0.717) is 28.6 Å². The number of aryl methyl sites for hydroxylation is 1. The zero-order valence-corrected chi connectivity index (χ0v) is 20.8. The van der Waals surface area contributed by atoms with Crippen LogP contribution in [0.15, 0.2) is 81.4 Å². The number of rotatable bonds is 8. The smallest absolute Gasteiger partial charge is 0.290 e. The van der Waals surface area contributed by atoms with Gasteiger partial charge in [0.2, 0.25) is 5.78 Å². The number of hydrogen-bond acceptors (Lipinski definition) is 7. The van der Waals surface area contributed by atoms with Gasteiger partial charge in [0.15, 0.2) is 23.0 Å². The van der Waals surface area contributed by atoms with Gasteiger partial charge in [0, 0.05) is 30.9 Å². The average molecular weight is 552 g/mol. The quantitative estimate of drug-likeness (QED) is 0.302. The number of nitrogens with zero attached hydrogens (tertiary/aromatic N) is 3. The van der Waals surface area contributed by atoms with E-state index >= 15 is 0 Å². The number of fused-ring (bicyclic) bond motifs is 1. The minimum Gasteiger partial charge on any atom is -0.503 e. The van der Waals surface area contributed by atoms with Gasteiger partial charge in [-0.15, -0.1) is 0 Å². The molecule has 0 fully saturated rings. The predicted molar refractivity (Wildman–Crippen MR) is 134 cm³/mol. The molecule has 0 aliphatic carbocycles. The summed E-state index contributed by atoms with van der Waals surface area (Å²) < 4.78 is 13.2. The van der Waals surface area contributed by atoms with Crippen molar-refractivity contribution in [2.45, 2.75) is 19.0 Å². The maximum atomic E-state index is 13.7. The molecule has 1 aliphatic rings. The van der Waals surface area contributed by atoms with E-state index in [0.717, 1.165) is 5.39 Å². The topological polar surface area (TPSA) is 118 Å². The molecular formula is C26H22BrN3O6. The van der Waals surface area contributed by atoms with E-state index < -0.39 is 23.5 Å². The molecule has 1 atom stereocenters. The summed E-state index contributed by atoms with van der Waals surface area (Å²) in [7, 11) is 1.40. The molecule has 3 heterocycles. The molecule has 184 valence electrons. The summed E-state index contributed by atoms with van der Waals surface area (Å²) in [5, 5.41) is 22.0. The highest BCUT2D eigenvalue weighted by Crippen LogP contribution is 2.44. The number of ketones is 1. The van der Waals surface area contributed by atoms with Gasteiger partial charge in [-0.05, 0) is 52.2 Å². The van der Waals surface area contributed by atoms with Crippen LogP contribution < -0.4 is 4.74 Å². The van der Waals surface area contributed by atoms with Crippen molar-refractivity contribution in [3.8, 4) is 11.5 Å². The van der Waals surface area contributed by atoms with Crippen molar-refractivity contribution in [3.05, 3.63) is 88.3 Å².